The first-order valence-corrected chi connectivity index (χ1v) is 4.64. The number of carbonyl (C=O) groups is 1. The molecule has 0 fully saturated rings. The third kappa shape index (κ3) is 2.03. The molecule has 5 heteroatoms. The van der Waals surface area contributed by atoms with Crippen LogP contribution in [0.15, 0.2) is 24.3 Å². The van der Waals surface area contributed by atoms with Gasteiger partial charge in [-0.3, -0.25) is 4.79 Å². The van der Waals surface area contributed by atoms with Gasteiger partial charge in [0.25, 0.3) is 0 Å². The minimum absolute atomic E-state index is 0.0928. The minimum atomic E-state index is -4.43. The summed E-state index contributed by atoms with van der Waals surface area (Å²) >= 11 is 0. The van der Waals surface area contributed by atoms with Crippen molar-refractivity contribution in [3.8, 4) is 0 Å². The molecule has 0 saturated carbocycles. The highest BCUT2D eigenvalue weighted by Gasteiger charge is 2.49. The largest absolute Gasteiger partial charge is 0.397 e. The SMILES string of the molecule is CC(C)(c1ccccc1C(N)=O)C(F)(F)F. The maximum Gasteiger partial charge on any atom is 0.397 e. The second-order valence-electron chi connectivity index (χ2n) is 4.03. The standard InChI is InChI=1S/C11H12F3NO/c1-10(2,11(12,13)14)8-6-4-3-5-7(8)9(15)16/h3-6H,1-2H3,(H2,15,16). The van der Waals surface area contributed by atoms with Gasteiger partial charge in [0.05, 0.1) is 5.41 Å². The number of hydrogen-bond acceptors (Lipinski definition) is 1. The van der Waals surface area contributed by atoms with Crippen LogP contribution in [0.4, 0.5) is 13.2 Å². The number of carbonyl (C=O) groups excluding carboxylic acids is 1. The third-order valence-electron chi connectivity index (χ3n) is 2.57. The average molecular weight is 231 g/mol. The summed E-state index contributed by atoms with van der Waals surface area (Å²) in [5.74, 6) is -0.854. The van der Waals surface area contributed by atoms with E-state index in [0.29, 0.717) is 0 Å². The van der Waals surface area contributed by atoms with Crippen LogP contribution in [0, 0.1) is 0 Å². The molecular formula is C11H12F3NO. The zero-order valence-corrected chi connectivity index (χ0v) is 8.93. The van der Waals surface area contributed by atoms with Gasteiger partial charge in [-0.2, -0.15) is 13.2 Å². The highest BCUT2D eigenvalue weighted by molar-refractivity contribution is 5.94. The molecule has 1 amide bonds. The normalized spacial score (nSPS) is 12.6. The Kier molecular flexibility index (Phi) is 2.99. The number of nitrogens with two attached hydrogens (primary N) is 1. The summed E-state index contributed by atoms with van der Waals surface area (Å²) in [6.45, 7) is 2.05. The van der Waals surface area contributed by atoms with E-state index in [1.165, 1.54) is 24.3 Å². The molecule has 0 saturated heterocycles. The minimum Gasteiger partial charge on any atom is -0.366 e. The molecule has 0 heterocycles. The second kappa shape index (κ2) is 3.81. The first kappa shape index (κ1) is 12.5. The van der Waals surface area contributed by atoms with E-state index in [1.54, 1.807) is 0 Å². The molecular weight excluding hydrogens is 219 g/mol. The molecule has 1 aromatic carbocycles. The van der Waals surface area contributed by atoms with Crippen LogP contribution in [-0.2, 0) is 5.41 Å². The quantitative estimate of drug-likeness (QED) is 0.835. The molecule has 1 aromatic rings. The first-order chi connectivity index (χ1) is 7.18. The number of primary amides is 1. The van der Waals surface area contributed by atoms with Crippen molar-refractivity contribution in [1.82, 2.24) is 0 Å². The van der Waals surface area contributed by atoms with Crippen LogP contribution >= 0.6 is 0 Å². The number of amides is 1. The molecule has 0 aliphatic carbocycles. The third-order valence-corrected chi connectivity index (χ3v) is 2.57. The van der Waals surface area contributed by atoms with Crippen LogP contribution < -0.4 is 5.73 Å². The predicted molar refractivity (Wildman–Crippen MR) is 54.0 cm³/mol. The summed E-state index contributed by atoms with van der Waals surface area (Å²) in [7, 11) is 0. The van der Waals surface area contributed by atoms with Gasteiger partial charge in [-0.15, -0.1) is 0 Å². The summed E-state index contributed by atoms with van der Waals surface area (Å²) in [4.78, 5) is 11.1. The Morgan fingerprint density at radius 2 is 1.69 bits per heavy atom. The maximum atomic E-state index is 12.8. The molecule has 0 spiro atoms. The van der Waals surface area contributed by atoms with Crippen LogP contribution in [0.2, 0.25) is 0 Å². The van der Waals surface area contributed by atoms with E-state index < -0.39 is 17.5 Å². The predicted octanol–water partition coefficient (Wildman–Crippen LogP) is 2.63. The maximum absolute atomic E-state index is 12.8. The summed E-state index contributed by atoms with van der Waals surface area (Å²) in [6, 6.07) is 5.50. The van der Waals surface area contributed by atoms with E-state index in [1.807, 2.05) is 0 Å². The van der Waals surface area contributed by atoms with Crippen LogP contribution in [0.25, 0.3) is 0 Å². The molecule has 0 aromatic heterocycles. The van der Waals surface area contributed by atoms with E-state index in [4.69, 9.17) is 5.73 Å². The van der Waals surface area contributed by atoms with Crippen molar-refractivity contribution in [2.45, 2.75) is 25.4 Å². The molecule has 16 heavy (non-hydrogen) atoms. The van der Waals surface area contributed by atoms with E-state index in [-0.39, 0.29) is 11.1 Å². The lowest BCUT2D eigenvalue weighted by atomic mass is 9.81. The molecule has 1 rings (SSSR count). The topological polar surface area (TPSA) is 43.1 Å². The first-order valence-electron chi connectivity index (χ1n) is 4.64. The highest BCUT2D eigenvalue weighted by Crippen LogP contribution is 2.41. The van der Waals surface area contributed by atoms with Crippen molar-refractivity contribution in [3.05, 3.63) is 35.4 Å². The van der Waals surface area contributed by atoms with Gasteiger partial charge in [-0.25, -0.2) is 0 Å². The van der Waals surface area contributed by atoms with Crippen LogP contribution in [0.1, 0.15) is 29.8 Å². The summed E-state index contributed by atoms with van der Waals surface area (Å²) in [6.07, 6.45) is -4.43. The van der Waals surface area contributed by atoms with Crippen molar-refractivity contribution in [2.75, 3.05) is 0 Å². The van der Waals surface area contributed by atoms with Gasteiger partial charge in [-0.05, 0) is 25.5 Å². The highest BCUT2D eigenvalue weighted by atomic mass is 19.4. The van der Waals surface area contributed by atoms with Crippen molar-refractivity contribution in [2.24, 2.45) is 5.73 Å². The lowest BCUT2D eigenvalue weighted by Crippen LogP contribution is -2.38. The van der Waals surface area contributed by atoms with Gasteiger partial charge < -0.3 is 5.73 Å². The second-order valence-corrected chi connectivity index (χ2v) is 4.03. The number of rotatable bonds is 2. The number of alkyl halides is 3. The van der Waals surface area contributed by atoms with Gasteiger partial charge in [-0.1, -0.05) is 18.2 Å². The summed E-state index contributed by atoms with van der Waals surface area (Å²) in [5, 5.41) is 0. The molecule has 2 nitrogen and oxygen atoms in total. The number of halogens is 3. The van der Waals surface area contributed by atoms with Crippen LogP contribution in [-0.4, -0.2) is 12.1 Å². The van der Waals surface area contributed by atoms with Gasteiger partial charge in [0, 0.05) is 5.56 Å². The zero-order chi connectivity index (χ0) is 12.6. The van der Waals surface area contributed by atoms with E-state index in [2.05, 4.69) is 0 Å². The fourth-order valence-electron chi connectivity index (χ4n) is 1.40. The van der Waals surface area contributed by atoms with E-state index in [0.717, 1.165) is 13.8 Å². The lowest BCUT2D eigenvalue weighted by molar-refractivity contribution is -0.180. The molecule has 0 atom stereocenters. The fourth-order valence-corrected chi connectivity index (χ4v) is 1.40. The van der Waals surface area contributed by atoms with Crippen molar-refractivity contribution < 1.29 is 18.0 Å². The Hall–Kier alpha value is -1.52. The van der Waals surface area contributed by atoms with Gasteiger partial charge in [0.15, 0.2) is 0 Å². The lowest BCUT2D eigenvalue weighted by Gasteiger charge is -2.29. The van der Waals surface area contributed by atoms with E-state index >= 15 is 0 Å². The smallest absolute Gasteiger partial charge is 0.366 e. The molecule has 0 aliphatic heterocycles. The Morgan fingerprint density at radius 1 is 1.19 bits per heavy atom. The zero-order valence-electron chi connectivity index (χ0n) is 8.93. The fraction of sp³-hybridized carbons (Fsp3) is 0.364. The molecule has 0 aliphatic rings. The van der Waals surface area contributed by atoms with E-state index in [9.17, 15) is 18.0 Å². The molecule has 0 radical (unpaired) electrons. The van der Waals surface area contributed by atoms with Crippen molar-refractivity contribution in [1.29, 1.82) is 0 Å². The number of hydrogen-bond donors (Lipinski definition) is 1. The van der Waals surface area contributed by atoms with Crippen LogP contribution in [0.3, 0.4) is 0 Å². The number of benzene rings is 1. The molecule has 2 N–H and O–H groups in total. The Balaban J connectivity index is 3.39. The molecule has 88 valence electrons. The van der Waals surface area contributed by atoms with Crippen LogP contribution in [0.5, 0.6) is 0 Å². The van der Waals surface area contributed by atoms with Crippen molar-refractivity contribution in [3.63, 3.8) is 0 Å². The average Bonchev–Trinajstić information content (AvgIpc) is 2.16. The Bertz CT molecular complexity index is 410. The van der Waals surface area contributed by atoms with Gasteiger partial charge >= 0.3 is 6.18 Å². The molecule has 0 unspecified atom stereocenters. The summed E-state index contributed by atoms with van der Waals surface area (Å²) in [5.41, 5.74) is 2.76. The summed E-state index contributed by atoms with van der Waals surface area (Å²) < 4.78 is 38.4. The van der Waals surface area contributed by atoms with Crippen molar-refractivity contribution >= 4 is 5.91 Å². The van der Waals surface area contributed by atoms with Gasteiger partial charge in [0.1, 0.15) is 0 Å². The Morgan fingerprint density at radius 3 is 2.12 bits per heavy atom. The molecule has 0 bridgehead atoms. The monoisotopic (exact) mass is 231 g/mol. The Labute approximate surface area is 91.3 Å². The van der Waals surface area contributed by atoms with Gasteiger partial charge in [0.2, 0.25) is 5.91 Å².